The highest BCUT2D eigenvalue weighted by atomic mass is 79.9. The summed E-state index contributed by atoms with van der Waals surface area (Å²) in [6, 6.07) is 15.6. The molecule has 0 unspecified atom stereocenters. The minimum atomic E-state index is -0.186. The van der Waals surface area contributed by atoms with E-state index in [1.807, 2.05) is 6.07 Å². The normalized spacial score (nSPS) is 21.8. The third-order valence-corrected chi connectivity index (χ3v) is 4.20. The fourth-order valence-corrected chi connectivity index (χ4v) is 2.82. The second-order valence-corrected chi connectivity index (χ2v) is 5.99. The van der Waals surface area contributed by atoms with Crippen LogP contribution in [0.3, 0.4) is 0 Å². The predicted molar refractivity (Wildman–Crippen MR) is 79.9 cm³/mol. The summed E-state index contributed by atoms with van der Waals surface area (Å²) in [5, 5.41) is 3.38. The van der Waals surface area contributed by atoms with E-state index in [1.54, 1.807) is 12.1 Å². The number of benzene rings is 2. The van der Waals surface area contributed by atoms with Gasteiger partial charge in [-0.15, -0.1) is 0 Å². The number of rotatable bonds is 3. The van der Waals surface area contributed by atoms with Gasteiger partial charge >= 0.3 is 0 Å². The van der Waals surface area contributed by atoms with Crippen LogP contribution < -0.4 is 5.32 Å². The molecule has 0 bridgehead atoms. The zero-order chi connectivity index (χ0) is 13.2. The molecular weight excluding hydrogens is 305 g/mol. The molecular formula is C16H15BrFN. The summed E-state index contributed by atoms with van der Waals surface area (Å²) in [5.41, 5.74) is 2.26. The molecule has 98 valence electrons. The van der Waals surface area contributed by atoms with Gasteiger partial charge in [-0.2, -0.15) is 0 Å². The number of halogens is 2. The van der Waals surface area contributed by atoms with Crippen LogP contribution in [0.25, 0.3) is 0 Å². The van der Waals surface area contributed by atoms with Crippen molar-refractivity contribution in [2.24, 2.45) is 0 Å². The van der Waals surface area contributed by atoms with E-state index in [9.17, 15) is 4.39 Å². The van der Waals surface area contributed by atoms with E-state index >= 15 is 0 Å². The Balaban J connectivity index is 1.57. The lowest BCUT2D eigenvalue weighted by molar-refractivity contribution is 0.374. The Hall–Kier alpha value is -1.35. The fourth-order valence-electron chi connectivity index (χ4n) is 2.56. The van der Waals surface area contributed by atoms with Crippen LogP contribution in [0.1, 0.15) is 24.3 Å². The zero-order valence-corrected chi connectivity index (χ0v) is 12.0. The smallest absolute Gasteiger partial charge is 0.125 e. The molecule has 1 N–H and O–H groups in total. The monoisotopic (exact) mass is 319 g/mol. The Morgan fingerprint density at radius 2 is 1.79 bits per heavy atom. The summed E-state index contributed by atoms with van der Waals surface area (Å²) in [4.78, 5) is 0. The van der Waals surface area contributed by atoms with E-state index in [1.165, 1.54) is 11.6 Å². The largest absolute Gasteiger partial charge is 0.382 e. The molecule has 1 fully saturated rings. The molecule has 0 aliphatic heterocycles. The van der Waals surface area contributed by atoms with Crippen molar-refractivity contribution in [3.63, 3.8) is 0 Å². The maximum absolute atomic E-state index is 13.1. The summed E-state index contributed by atoms with van der Waals surface area (Å²) in [6.45, 7) is 0. The quantitative estimate of drug-likeness (QED) is 0.844. The van der Waals surface area contributed by atoms with Gasteiger partial charge in [-0.05, 0) is 54.7 Å². The molecule has 0 heterocycles. The van der Waals surface area contributed by atoms with Gasteiger partial charge in [-0.3, -0.25) is 0 Å². The lowest BCUT2D eigenvalue weighted by Gasteiger charge is -2.37. The van der Waals surface area contributed by atoms with E-state index in [4.69, 9.17) is 0 Å². The van der Waals surface area contributed by atoms with Gasteiger partial charge in [0.1, 0.15) is 5.82 Å². The van der Waals surface area contributed by atoms with Crippen molar-refractivity contribution >= 4 is 21.6 Å². The first-order chi connectivity index (χ1) is 9.20. The predicted octanol–water partition coefficient (Wildman–Crippen LogP) is 4.95. The van der Waals surface area contributed by atoms with E-state index in [2.05, 4.69) is 45.5 Å². The first-order valence-electron chi connectivity index (χ1n) is 6.48. The minimum Gasteiger partial charge on any atom is -0.382 e. The standard InChI is InChI=1S/C16H15BrFN/c17-13-6-4-11(5-7-13)12-8-16(9-12)19-15-3-1-2-14(18)10-15/h1-7,10,12,16,19H,8-9H2. The lowest BCUT2D eigenvalue weighted by atomic mass is 9.76. The van der Waals surface area contributed by atoms with Crippen LogP contribution in [0, 0.1) is 5.82 Å². The van der Waals surface area contributed by atoms with E-state index in [-0.39, 0.29) is 5.82 Å². The zero-order valence-electron chi connectivity index (χ0n) is 10.4. The lowest BCUT2D eigenvalue weighted by Crippen LogP contribution is -2.33. The van der Waals surface area contributed by atoms with Gasteiger partial charge in [0.15, 0.2) is 0 Å². The number of hydrogen-bond donors (Lipinski definition) is 1. The first-order valence-corrected chi connectivity index (χ1v) is 7.27. The van der Waals surface area contributed by atoms with Gasteiger partial charge in [-0.1, -0.05) is 34.1 Å². The number of hydrogen-bond acceptors (Lipinski definition) is 1. The Labute approximate surface area is 121 Å². The van der Waals surface area contributed by atoms with Crippen LogP contribution in [0.2, 0.25) is 0 Å². The highest BCUT2D eigenvalue weighted by Crippen LogP contribution is 2.38. The van der Waals surface area contributed by atoms with Gasteiger partial charge in [0.2, 0.25) is 0 Å². The third kappa shape index (κ3) is 2.98. The molecule has 1 aliphatic carbocycles. The van der Waals surface area contributed by atoms with Crippen LogP contribution in [-0.2, 0) is 0 Å². The highest BCUT2D eigenvalue weighted by molar-refractivity contribution is 9.10. The Morgan fingerprint density at radius 3 is 2.47 bits per heavy atom. The average Bonchev–Trinajstić information content (AvgIpc) is 2.35. The van der Waals surface area contributed by atoms with Gasteiger partial charge in [0.05, 0.1) is 0 Å². The Kier molecular flexibility index (Phi) is 3.56. The van der Waals surface area contributed by atoms with Gasteiger partial charge in [0.25, 0.3) is 0 Å². The maximum Gasteiger partial charge on any atom is 0.125 e. The van der Waals surface area contributed by atoms with Crippen LogP contribution in [-0.4, -0.2) is 6.04 Å². The topological polar surface area (TPSA) is 12.0 Å². The molecule has 0 radical (unpaired) electrons. The number of nitrogens with one attached hydrogen (secondary N) is 1. The average molecular weight is 320 g/mol. The van der Waals surface area contributed by atoms with Gasteiger partial charge in [-0.25, -0.2) is 4.39 Å². The van der Waals surface area contributed by atoms with Crippen LogP contribution in [0.15, 0.2) is 53.0 Å². The molecule has 0 aromatic heterocycles. The molecule has 0 spiro atoms. The van der Waals surface area contributed by atoms with Gasteiger partial charge < -0.3 is 5.32 Å². The summed E-state index contributed by atoms with van der Waals surface area (Å²) < 4.78 is 14.2. The molecule has 0 saturated heterocycles. The second kappa shape index (κ2) is 5.33. The maximum atomic E-state index is 13.1. The fraction of sp³-hybridized carbons (Fsp3) is 0.250. The Morgan fingerprint density at radius 1 is 1.05 bits per heavy atom. The second-order valence-electron chi connectivity index (χ2n) is 5.07. The van der Waals surface area contributed by atoms with Crippen molar-refractivity contribution in [1.82, 2.24) is 0 Å². The SMILES string of the molecule is Fc1cccc(NC2CC(c3ccc(Br)cc3)C2)c1. The summed E-state index contributed by atoms with van der Waals surface area (Å²) in [7, 11) is 0. The van der Waals surface area contributed by atoms with Crippen molar-refractivity contribution in [2.75, 3.05) is 5.32 Å². The minimum absolute atomic E-state index is 0.186. The molecule has 3 rings (SSSR count). The van der Waals surface area contributed by atoms with Crippen LogP contribution in [0.4, 0.5) is 10.1 Å². The van der Waals surface area contributed by atoms with Crippen LogP contribution >= 0.6 is 15.9 Å². The molecule has 1 nitrogen and oxygen atoms in total. The van der Waals surface area contributed by atoms with Crippen molar-refractivity contribution in [3.8, 4) is 0 Å². The molecule has 3 heteroatoms. The third-order valence-electron chi connectivity index (χ3n) is 3.67. The van der Waals surface area contributed by atoms with Gasteiger partial charge in [0, 0.05) is 16.2 Å². The van der Waals surface area contributed by atoms with Crippen molar-refractivity contribution < 1.29 is 4.39 Å². The van der Waals surface area contributed by atoms with Crippen LogP contribution in [0.5, 0.6) is 0 Å². The molecule has 1 aliphatic rings. The molecule has 1 saturated carbocycles. The summed E-state index contributed by atoms with van der Waals surface area (Å²) in [5.74, 6) is 0.438. The molecule has 2 aromatic rings. The molecule has 19 heavy (non-hydrogen) atoms. The first kappa shape index (κ1) is 12.7. The molecule has 2 aromatic carbocycles. The highest BCUT2D eigenvalue weighted by Gasteiger charge is 2.30. The molecule has 0 amide bonds. The number of anilines is 1. The Bertz CT molecular complexity index is 561. The van der Waals surface area contributed by atoms with Crippen molar-refractivity contribution in [2.45, 2.75) is 24.8 Å². The van der Waals surface area contributed by atoms with E-state index < -0.39 is 0 Å². The summed E-state index contributed by atoms with van der Waals surface area (Å²) in [6.07, 6.45) is 2.22. The summed E-state index contributed by atoms with van der Waals surface area (Å²) >= 11 is 3.45. The van der Waals surface area contributed by atoms with E-state index in [0.29, 0.717) is 12.0 Å². The van der Waals surface area contributed by atoms with Crippen molar-refractivity contribution in [3.05, 3.63) is 64.4 Å². The van der Waals surface area contributed by atoms with Crippen molar-refractivity contribution in [1.29, 1.82) is 0 Å². The molecule has 0 atom stereocenters. The van der Waals surface area contributed by atoms with E-state index in [0.717, 1.165) is 23.0 Å².